The molecule has 1 aromatic heterocycles. The molecule has 3 aromatic rings. The molecule has 0 aliphatic carbocycles. The zero-order valence-corrected chi connectivity index (χ0v) is 23.0. The third kappa shape index (κ3) is 5.92. The summed E-state index contributed by atoms with van der Waals surface area (Å²) < 4.78 is 33.0. The average molecular weight is 625 g/mol. The highest BCUT2D eigenvalue weighted by Gasteiger charge is 2.51. The molecule has 0 spiro atoms. The van der Waals surface area contributed by atoms with E-state index in [1.807, 2.05) is 0 Å². The number of phenolic OH excluding ortho intramolecular Hbond substituents is 2. The molecule has 240 valence electrons. The minimum atomic E-state index is -1.85. The van der Waals surface area contributed by atoms with Gasteiger partial charge in [0.2, 0.25) is 6.29 Å². The van der Waals surface area contributed by atoms with Crippen molar-refractivity contribution in [2.45, 2.75) is 61.4 Å². The molecule has 0 saturated carbocycles. The molecular formula is C28H32O16. The number of hydrogen-bond acceptors (Lipinski definition) is 16. The summed E-state index contributed by atoms with van der Waals surface area (Å²) in [5.41, 5.74) is -0.354. The van der Waals surface area contributed by atoms with Crippen LogP contribution in [0.5, 0.6) is 23.0 Å². The number of rotatable bonds is 8. The number of fused-ring (bicyclic) bond motifs is 1. The Labute approximate surface area is 248 Å². The van der Waals surface area contributed by atoms with Gasteiger partial charge in [-0.05, 0) is 18.2 Å². The van der Waals surface area contributed by atoms with Gasteiger partial charge in [0, 0.05) is 23.8 Å². The van der Waals surface area contributed by atoms with Gasteiger partial charge < -0.3 is 74.1 Å². The Hall–Kier alpha value is -3.55. The number of benzene rings is 2. The van der Waals surface area contributed by atoms with Crippen molar-refractivity contribution >= 4 is 11.0 Å². The van der Waals surface area contributed by atoms with Gasteiger partial charge in [0.15, 0.2) is 23.2 Å². The van der Waals surface area contributed by atoms with Gasteiger partial charge in [0.25, 0.3) is 0 Å². The first-order chi connectivity index (χ1) is 21.0. The zero-order chi connectivity index (χ0) is 31.9. The molecule has 2 fully saturated rings. The molecule has 0 bridgehead atoms. The normalized spacial score (nSPS) is 32.5. The minimum absolute atomic E-state index is 0.0650. The lowest BCUT2D eigenvalue weighted by Gasteiger charge is -2.45. The molecule has 0 unspecified atom stereocenters. The maximum absolute atomic E-state index is 12.8. The summed E-state index contributed by atoms with van der Waals surface area (Å²) in [5.74, 6) is -0.646. The molecule has 3 heterocycles. The molecule has 10 atom stereocenters. The monoisotopic (exact) mass is 624 g/mol. The van der Waals surface area contributed by atoms with Crippen LogP contribution in [0, 0.1) is 0 Å². The molecule has 5 rings (SSSR count). The number of phenols is 2. The van der Waals surface area contributed by atoms with Gasteiger partial charge in [-0.2, -0.15) is 0 Å². The van der Waals surface area contributed by atoms with Crippen LogP contribution in [0.1, 0.15) is 0 Å². The van der Waals surface area contributed by atoms with E-state index < -0.39 is 85.8 Å². The highest BCUT2D eigenvalue weighted by Crippen LogP contribution is 2.36. The van der Waals surface area contributed by atoms with Crippen LogP contribution in [-0.4, -0.2) is 128 Å². The van der Waals surface area contributed by atoms with Crippen LogP contribution < -0.4 is 14.9 Å². The van der Waals surface area contributed by atoms with Gasteiger partial charge >= 0.3 is 0 Å². The maximum Gasteiger partial charge on any atom is 0.229 e. The molecule has 2 aliphatic rings. The molecule has 9 N–H and O–H groups in total. The molecular weight excluding hydrogens is 592 g/mol. The second-order valence-corrected chi connectivity index (χ2v) is 10.3. The van der Waals surface area contributed by atoms with E-state index >= 15 is 0 Å². The number of aromatic hydroxyl groups is 2. The van der Waals surface area contributed by atoms with E-state index in [0.29, 0.717) is 5.56 Å². The van der Waals surface area contributed by atoms with E-state index in [9.17, 15) is 50.8 Å². The fourth-order valence-corrected chi connectivity index (χ4v) is 5.07. The Bertz CT molecular complexity index is 1520. The second kappa shape index (κ2) is 12.8. The summed E-state index contributed by atoms with van der Waals surface area (Å²) >= 11 is 0. The summed E-state index contributed by atoms with van der Waals surface area (Å²) in [6, 6.07) is 7.67. The van der Waals surface area contributed by atoms with Gasteiger partial charge in [-0.1, -0.05) is 0 Å². The summed E-state index contributed by atoms with van der Waals surface area (Å²) in [6.07, 6.45) is -16.6. The number of aliphatic hydroxyl groups is 7. The Kier molecular flexibility index (Phi) is 9.28. The first-order valence-electron chi connectivity index (χ1n) is 13.4. The summed E-state index contributed by atoms with van der Waals surface area (Å²) in [4.78, 5) is 12.8. The lowest BCUT2D eigenvalue weighted by molar-refractivity contribution is -0.352. The minimum Gasteiger partial charge on any atom is -0.507 e. The van der Waals surface area contributed by atoms with Crippen molar-refractivity contribution in [1.82, 2.24) is 0 Å². The molecule has 2 aromatic carbocycles. The third-order valence-electron chi connectivity index (χ3n) is 7.46. The molecule has 2 aliphatic heterocycles. The first-order valence-corrected chi connectivity index (χ1v) is 13.4. The van der Waals surface area contributed by atoms with Crippen molar-refractivity contribution in [2.75, 3.05) is 20.3 Å². The predicted octanol–water partition coefficient (Wildman–Crippen LogP) is -2.12. The van der Waals surface area contributed by atoms with Crippen molar-refractivity contribution in [1.29, 1.82) is 0 Å². The lowest BCUT2D eigenvalue weighted by Crippen LogP contribution is -2.65. The SMILES string of the molecule is COc1cc(-c2cc(=O)c3c(O)cc(O[C@@H]4O[C@H](CO)[C@@H](O[C@@H]5O[C@H](CO)[C@@H](O)[C@H](O)[C@H]5O)[C@H](O)[C@H]4O)cc3o2)ccc1O. The van der Waals surface area contributed by atoms with E-state index in [1.165, 1.54) is 31.4 Å². The van der Waals surface area contributed by atoms with Crippen molar-refractivity contribution < 1.29 is 74.1 Å². The average Bonchev–Trinajstić information content (AvgIpc) is 3.00. The van der Waals surface area contributed by atoms with E-state index in [2.05, 4.69) is 0 Å². The summed E-state index contributed by atoms with van der Waals surface area (Å²) in [6.45, 7) is -1.52. The maximum atomic E-state index is 12.8. The number of ether oxygens (including phenoxy) is 5. The Morgan fingerprint density at radius 2 is 1.45 bits per heavy atom. The number of aliphatic hydroxyl groups excluding tert-OH is 7. The molecule has 2 saturated heterocycles. The van der Waals surface area contributed by atoms with Crippen LogP contribution in [0.3, 0.4) is 0 Å². The predicted molar refractivity (Wildman–Crippen MR) is 145 cm³/mol. The quantitative estimate of drug-likeness (QED) is 0.130. The number of methoxy groups -OCH3 is 1. The molecule has 0 amide bonds. The smallest absolute Gasteiger partial charge is 0.229 e. The number of hydrogen-bond donors (Lipinski definition) is 9. The van der Waals surface area contributed by atoms with Gasteiger partial charge in [-0.15, -0.1) is 0 Å². The molecule has 0 radical (unpaired) electrons. The van der Waals surface area contributed by atoms with Gasteiger partial charge in [-0.3, -0.25) is 4.79 Å². The molecule has 44 heavy (non-hydrogen) atoms. The molecule has 16 nitrogen and oxygen atoms in total. The Morgan fingerprint density at radius 1 is 0.773 bits per heavy atom. The Balaban J connectivity index is 1.38. The highest BCUT2D eigenvalue weighted by molar-refractivity contribution is 5.86. The summed E-state index contributed by atoms with van der Waals surface area (Å²) in [7, 11) is 1.35. The molecule has 16 heteroatoms. The van der Waals surface area contributed by atoms with Crippen LogP contribution in [-0.2, 0) is 14.2 Å². The van der Waals surface area contributed by atoms with Crippen molar-refractivity contribution in [3.63, 3.8) is 0 Å². The van der Waals surface area contributed by atoms with Crippen molar-refractivity contribution in [3.8, 4) is 34.3 Å². The highest BCUT2D eigenvalue weighted by atomic mass is 16.7. The third-order valence-corrected chi connectivity index (χ3v) is 7.46. The summed E-state index contributed by atoms with van der Waals surface area (Å²) in [5, 5.41) is 91.6. The second-order valence-electron chi connectivity index (χ2n) is 10.3. The van der Waals surface area contributed by atoms with Crippen LogP contribution in [0.15, 0.2) is 45.6 Å². The first kappa shape index (κ1) is 31.9. The fourth-order valence-electron chi connectivity index (χ4n) is 5.07. The van der Waals surface area contributed by atoms with Crippen molar-refractivity contribution in [2.24, 2.45) is 0 Å². The van der Waals surface area contributed by atoms with E-state index in [0.717, 1.165) is 12.1 Å². The van der Waals surface area contributed by atoms with Crippen LogP contribution in [0.4, 0.5) is 0 Å². The topological polar surface area (TPSA) is 258 Å². The van der Waals surface area contributed by atoms with Crippen LogP contribution in [0.25, 0.3) is 22.3 Å². The van der Waals surface area contributed by atoms with Gasteiger partial charge in [-0.25, -0.2) is 0 Å². The standard InChI is InChI=1S/C28H32O16/c1-39-16-4-10(2-3-12(16)31)15-7-14(33)20-13(32)5-11(6-17(20)41-15)40-27-25(38)23(36)26(19(9-30)43-27)44-28-24(37)22(35)21(34)18(8-29)42-28/h2-7,18-19,21-32,34-38H,8-9H2,1H3/t18-,19-,21-,22+,23-,24-,25-,26-,27-,28+/m1/s1. The van der Waals surface area contributed by atoms with Crippen LogP contribution >= 0.6 is 0 Å². The zero-order valence-electron chi connectivity index (χ0n) is 23.0. The largest absolute Gasteiger partial charge is 0.507 e. The Morgan fingerprint density at radius 3 is 2.14 bits per heavy atom. The fraction of sp³-hybridized carbons (Fsp3) is 0.464. The lowest BCUT2D eigenvalue weighted by atomic mass is 9.97. The van der Waals surface area contributed by atoms with E-state index in [1.54, 1.807) is 0 Å². The van der Waals surface area contributed by atoms with Crippen LogP contribution in [0.2, 0.25) is 0 Å². The van der Waals surface area contributed by atoms with Crippen molar-refractivity contribution in [3.05, 3.63) is 46.6 Å². The van der Waals surface area contributed by atoms with Gasteiger partial charge in [0.05, 0.1) is 20.3 Å². The van der Waals surface area contributed by atoms with E-state index in [4.69, 9.17) is 28.1 Å². The van der Waals surface area contributed by atoms with E-state index in [-0.39, 0.29) is 34.0 Å². The van der Waals surface area contributed by atoms with Gasteiger partial charge in [0.1, 0.15) is 77.1 Å².